The van der Waals surface area contributed by atoms with Crippen LogP contribution in [-0.4, -0.2) is 66.2 Å². The van der Waals surface area contributed by atoms with Crippen LogP contribution in [0.2, 0.25) is 5.02 Å². The summed E-state index contributed by atoms with van der Waals surface area (Å²) in [7, 11) is 0. The summed E-state index contributed by atoms with van der Waals surface area (Å²) in [5, 5.41) is 10.9. The van der Waals surface area contributed by atoms with Gasteiger partial charge in [-0.1, -0.05) is 37.6 Å². The first-order valence-electron chi connectivity index (χ1n) is 8.93. The fraction of sp³-hybridized carbons (Fsp3) is 0.632. The number of rotatable bonds is 7. The van der Waals surface area contributed by atoms with Gasteiger partial charge in [0.15, 0.2) is 0 Å². The Balaban J connectivity index is 1.69. The van der Waals surface area contributed by atoms with Crippen LogP contribution >= 0.6 is 11.6 Å². The number of hydrogen-bond donors (Lipinski definition) is 1. The van der Waals surface area contributed by atoms with Crippen LogP contribution in [0.25, 0.3) is 0 Å². The van der Waals surface area contributed by atoms with Crippen molar-refractivity contribution < 1.29 is 14.6 Å². The van der Waals surface area contributed by atoms with E-state index in [9.17, 15) is 9.90 Å². The molecule has 1 aromatic rings. The molecule has 0 saturated carbocycles. The summed E-state index contributed by atoms with van der Waals surface area (Å²) >= 11 is 5.89. The molecule has 1 aliphatic heterocycles. The van der Waals surface area contributed by atoms with Crippen LogP contribution in [0.5, 0.6) is 0 Å². The van der Waals surface area contributed by atoms with Crippen LogP contribution in [0.3, 0.4) is 0 Å². The molecule has 1 amide bonds. The van der Waals surface area contributed by atoms with Gasteiger partial charge in [-0.3, -0.25) is 9.69 Å². The van der Waals surface area contributed by atoms with E-state index in [0.29, 0.717) is 11.6 Å². The normalized spacial score (nSPS) is 18.4. The number of carbonyl (C=O) groups excluding carboxylic acids is 1. The van der Waals surface area contributed by atoms with Crippen LogP contribution in [0.4, 0.5) is 0 Å². The molecule has 0 aliphatic carbocycles. The van der Waals surface area contributed by atoms with Crippen molar-refractivity contribution in [1.82, 2.24) is 9.80 Å². The van der Waals surface area contributed by atoms with Crippen LogP contribution in [-0.2, 0) is 9.53 Å². The van der Waals surface area contributed by atoms with Crippen LogP contribution in [0, 0.1) is 5.92 Å². The topological polar surface area (TPSA) is 53.0 Å². The highest BCUT2D eigenvalue weighted by atomic mass is 35.5. The number of piperazine rings is 1. The van der Waals surface area contributed by atoms with Gasteiger partial charge in [0.25, 0.3) is 0 Å². The summed E-state index contributed by atoms with van der Waals surface area (Å²) in [6, 6.07) is 7.55. The Labute approximate surface area is 155 Å². The van der Waals surface area contributed by atoms with Gasteiger partial charge >= 0.3 is 0 Å². The molecule has 5 nitrogen and oxygen atoms in total. The number of benzene rings is 1. The van der Waals surface area contributed by atoms with Crippen LogP contribution in [0.15, 0.2) is 24.3 Å². The molecular formula is C19H29ClN2O3. The Hall–Kier alpha value is -1.14. The number of aliphatic hydroxyl groups excluding tert-OH is 1. The zero-order valence-corrected chi connectivity index (χ0v) is 16.1. The van der Waals surface area contributed by atoms with Gasteiger partial charge < -0.3 is 14.7 Å². The number of aliphatic hydroxyl groups is 1. The molecule has 2 atom stereocenters. The molecule has 1 aromatic carbocycles. The maximum Gasteiger partial charge on any atom is 0.225 e. The van der Waals surface area contributed by atoms with E-state index in [-0.39, 0.29) is 24.5 Å². The van der Waals surface area contributed by atoms with Crippen molar-refractivity contribution in [2.24, 2.45) is 5.92 Å². The molecule has 1 N–H and O–H groups in total. The van der Waals surface area contributed by atoms with E-state index in [4.69, 9.17) is 16.3 Å². The number of halogens is 1. The van der Waals surface area contributed by atoms with Gasteiger partial charge in [0.1, 0.15) is 0 Å². The molecule has 1 aliphatic rings. The van der Waals surface area contributed by atoms with Gasteiger partial charge in [0, 0.05) is 43.7 Å². The molecule has 0 bridgehead atoms. The minimum atomic E-state index is -0.540. The fourth-order valence-corrected chi connectivity index (χ4v) is 3.08. The summed E-state index contributed by atoms with van der Waals surface area (Å²) in [6.07, 6.45) is -0.630. The maximum absolute atomic E-state index is 12.0. The third kappa shape index (κ3) is 6.26. The predicted octanol–water partition coefficient (Wildman–Crippen LogP) is 2.58. The third-order valence-corrected chi connectivity index (χ3v) is 4.78. The van der Waals surface area contributed by atoms with Crippen molar-refractivity contribution in [3.63, 3.8) is 0 Å². The Morgan fingerprint density at radius 2 is 1.76 bits per heavy atom. The zero-order chi connectivity index (χ0) is 18.4. The summed E-state index contributed by atoms with van der Waals surface area (Å²) in [6.45, 7) is 9.72. The van der Waals surface area contributed by atoms with Gasteiger partial charge in [-0.2, -0.15) is 0 Å². The fourth-order valence-electron chi connectivity index (χ4n) is 2.95. The maximum atomic E-state index is 12.0. The number of nitrogens with zero attached hydrogens (tertiary/aromatic N) is 2. The lowest BCUT2D eigenvalue weighted by Gasteiger charge is -2.36. The molecule has 0 aromatic heterocycles. The lowest BCUT2D eigenvalue weighted by molar-refractivity contribution is -0.136. The SMILES string of the molecule is CC(C)C(=O)N1CCN(CC(O)COC(C)c2ccc(Cl)cc2)CC1. The standard InChI is InChI=1S/C19H29ClN2O3/c1-14(2)19(24)22-10-8-21(9-11-22)12-18(23)13-25-15(3)16-4-6-17(20)7-5-16/h4-7,14-15,18,23H,8-13H2,1-3H3. The van der Waals surface area contributed by atoms with E-state index < -0.39 is 6.10 Å². The van der Waals surface area contributed by atoms with Gasteiger partial charge in [0.2, 0.25) is 5.91 Å². The Morgan fingerprint density at radius 1 is 1.16 bits per heavy atom. The largest absolute Gasteiger partial charge is 0.389 e. The van der Waals surface area contributed by atoms with Gasteiger partial charge in [0.05, 0.1) is 18.8 Å². The van der Waals surface area contributed by atoms with Crippen molar-refractivity contribution in [3.8, 4) is 0 Å². The van der Waals surface area contributed by atoms with E-state index in [1.165, 1.54) is 0 Å². The van der Waals surface area contributed by atoms with E-state index >= 15 is 0 Å². The molecule has 1 fully saturated rings. The molecule has 0 radical (unpaired) electrons. The molecule has 1 heterocycles. The summed E-state index contributed by atoms with van der Waals surface area (Å²) in [4.78, 5) is 16.1. The number of carbonyl (C=O) groups is 1. The predicted molar refractivity (Wildman–Crippen MR) is 99.7 cm³/mol. The van der Waals surface area contributed by atoms with Crippen LogP contribution in [0.1, 0.15) is 32.4 Å². The van der Waals surface area contributed by atoms with Gasteiger partial charge in [-0.25, -0.2) is 0 Å². The quantitative estimate of drug-likeness (QED) is 0.803. The molecule has 25 heavy (non-hydrogen) atoms. The van der Waals surface area contributed by atoms with Crippen molar-refractivity contribution >= 4 is 17.5 Å². The summed E-state index contributed by atoms with van der Waals surface area (Å²) < 4.78 is 5.78. The molecule has 2 rings (SSSR count). The monoisotopic (exact) mass is 368 g/mol. The molecule has 2 unspecified atom stereocenters. The summed E-state index contributed by atoms with van der Waals surface area (Å²) in [5.41, 5.74) is 1.04. The zero-order valence-electron chi connectivity index (χ0n) is 15.3. The first-order chi connectivity index (χ1) is 11.9. The average molecular weight is 369 g/mol. The van der Waals surface area contributed by atoms with E-state index in [1.54, 1.807) is 0 Å². The first-order valence-corrected chi connectivity index (χ1v) is 9.31. The smallest absolute Gasteiger partial charge is 0.225 e. The molecular weight excluding hydrogens is 340 g/mol. The molecule has 6 heteroatoms. The van der Waals surface area contributed by atoms with Gasteiger partial charge in [-0.15, -0.1) is 0 Å². The highest BCUT2D eigenvalue weighted by molar-refractivity contribution is 6.30. The lowest BCUT2D eigenvalue weighted by atomic mass is 10.1. The number of β-amino-alcohol motifs (C(OH)–C–C–N with tert-alkyl or cyclic N) is 1. The number of amides is 1. The van der Waals surface area contributed by atoms with Crippen molar-refractivity contribution in [3.05, 3.63) is 34.9 Å². The first kappa shape index (κ1) is 20.2. The van der Waals surface area contributed by atoms with Crippen LogP contribution < -0.4 is 0 Å². The van der Waals surface area contributed by atoms with Gasteiger partial charge in [-0.05, 0) is 24.6 Å². The second kappa shape index (κ2) is 9.53. The lowest BCUT2D eigenvalue weighted by Crippen LogP contribution is -2.51. The highest BCUT2D eigenvalue weighted by Crippen LogP contribution is 2.19. The Morgan fingerprint density at radius 3 is 2.32 bits per heavy atom. The minimum absolute atomic E-state index is 0.0416. The average Bonchev–Trinajstić information content (AvgIpc) is 2.60. The Bertz CT molecular complexity index is 542. The third-order valence-electron chi connectivity index (χ3n) is 4.52. The Kier molecular flexibility index (Phi) is 7.69. The highest BCUT2D eigenvalue weighted by Gasteiger charge is 2.24. The van der Waals surface area contributed by atoms with E-state index in [2.05, 4.69) is 4.90 Å². The van der Waals surface area contributed by atoms with E-state index in [0.717, 1.165) is 31.7 Å². The number of hydrogen-bond acceptors (Lipinski definition) is 4. The minimum Gasteiger partial charge on any atom is -0.389 e. The van der Waals surface area contributed by atoms with Crippen molar-refractivity contribution in [1.29, 1.82) is 0 Å². The number of ether oxygens (including phenoxy) is 1. The molecule has 140 valence electrons. The summed E-state index contributed by atoms with van der Waals surface area (Å²) in [5.74, 6) is 0.250. The molecule has 0 spiro atoms. The van der Waals surface area contributed by atoms with E-state index in [1.807, 2.05) is 49.9 Å². The second-order valence-corrected chi connectivity index (χ2v) is 7.40. The second-order valence-electron chi connectivity index (χ2n) is 6.96. The van der Waals surface area contributed by atoms with Crippen molar-refractivity contribution in [2.45, 2.75) is 33.0 Å². The van der Waals surface area contributed by atoms with Crippen molar-refractivity contribution in [2.75, 3.05) is 39.3 Å². The molecule has 1 saturated heterocycles.